The lowest BCUT2D eigenvalue weighted by atomic mass is 10.1. The Bertz CT molecular complexity index is 1480. The fraction of sp³-hybridized carbons (Fsp3) is 0.469. The molecule has 0 saturated carbocycles. The molecule has 3 aromatic rings. The summed E-state index contributed by atoms with van der Waals surface area (Å²) in [7, 11) is 3.10. The van der Waals surface area contributed by atoms with E-state index in [-0.39, 0.29) is 43.5 Å². The smallest absolute Gasteiger partial charge is 0.243 e. The SMILES string of the molecule is COc1ccc(CCNC(=O)C(CCCCNC(=O)C(Cc2cnc[nH]2)NC(C)=O)NC(=O)C(Cc2cnc[nH]2)NC(C)=O)cc1OC. The van der Waals surface area contributed by atoms with Gasteiger partial charge in [-0.1, -0.05) is 6.07 Å². The van der Waals surface area contributed by atoms with E-state index in [1.54, 1.807) is 32.7 Å². The Morgan fingerprint density at radius 1 is 0.708 bits per heavy atom. The second kappa shape index (κ2) is 19.3. The number of carbonyl (C=O) groups is 5. The lowest BCUT2D eigenvalue weighted by molar-refractivity contribution is -0.131. The number of hydrogen-bond donors (Lipinski definition) is 7. The van der Waals surface area contributed by atoms with Gasteiger partial charge in [0.05, 0.1) is 26.9 Å². The number of amides is 5. The average Bonchev–Trinajstić information content (AvgIpc) is 3.77. The predicted molar refractivity (Wildman–Crippen MR) is 175 cm³/mol. The third-order valence-electron chi connectivity index (χ3n) is 7.36. The van der Waals surface area contributed by atoms with Crippen LogP contribution in [0.25, 0.3) is 0 Å². The molecule has 3 rings (SSSR count). The number of aromatic amines is 2. The molecule has 1 aromatic carbocycles. The summed E-state index contributed by atoms with van der Waals surface area (Å²) in [6.07, 6.45) is 8.25. The highest BCUT2D eigenvalue weighted by molar-refractivity contribution is 5.92. The van der Waals surface area contributed by atoms with Crippen LogP contribution in [0.1, 0.15) is 50.1 Å². The fourth-order valence-electron chi connectivity index (χ4n) is 4.98. The molecule has 3 atom stereocenters. The molecule has 16 nitrogen and oxygen atoms in total. The van der Waals surface area contributed by atoms with Crippen molar-refractivity contribution >= 4 is 29.5 Å². The van der Waals surface area contributed by atoms with E-state index in [1.807, 2.05) is 12.1 Å². The van der Waals surface area contributed by atoms with E-state index in [0.717, 1.165) is 5.56 Å². The Kier molecular flexibility index (Phi) is 14.9. The quantitative estimate of drug-likeness (QED) is 0.0810. The number of imidazole rings is 2. The number of unbranched alkanes of at least 4 members (excludes halogenated alkanes) is 1. The van der Waals surface area contributed by atoms with Crippen molar-refractivity contribution in [3.8, 4) is 11.5 Å². The monoisotopic (exact) mass is 667 g/mol. The molecule has 0 saturated heterocycles. The molecule has 0 radical (unpaired) electrons. The standard InChI is InChI=1S/C32H45N9O7/c1-20(42)39-26(14-23-16-33-18-37-23)31(45)35-11-6-5-7-25(41-32(46)27(40-21(2)43)15-24-17-34-19-38-24)30(44)36-12-10-22-8-9-28(47-3)29(13-22)48-4/h8-9,13,16-19,25-27H,5-7,10-12,14-15H2,1-4H3,(H,33,37)(H,34,38)(H,35,45)(H,36,44)(H,39,42)(H,40,43)(H,41,46). The summed E-state index contributed by atoms with van der Waals surface area (Å²) in [6.45, 7) is 3.23. The predicted octanol–water partition coefficient (Wildman–Crippen LogP) is 0.0748. The highest BCUT2D eigenvalue weighted by atomic mass is 16.5. The second-order valence-corrected chi connectivity index (χ2v) is 11.1. The lowest BCUT2D eigenvalue weighted by Gasteiger charge is -2.23. The van der Waals surface area contributed by atoms with Gasteiger partial charge in [-0.3, -0.25) is 24.0 Å². The summed E-state index contributed by atoms with van der Waals surface area (Å²) in [6, 6.07) is 2.86. The Morgan fingerprint density at radius 3 is 1.81 bits per heavy atom. The van der Waals surface area contributed by atoms with E-state index in [2.05, 4.69) is 46.5 Å². The van der Waals surface area contributed by atoms with Crippen LogP contribution in [0.15, 0.2) is 43.2 Å². The summed E-state index contributed by atoms with van der Waals surface area (Å²) in [5.74, 6) is -0.830. The van der Waals surface area contributed by atoms with Gasteiger partial charge in [-0.15, -0.1) is 0 Å². The van der Waals surface area contributed by atoms with Gasteiger partial charge in [0.25, 0.3) is 0 Å². The maximum Gasteiger partial charge on any atom is 0.243 e. The highest BCUT2D eigenvalue weighted by Gasteiger charge is 2.27. The van der Waals surface area contributed by atoms with Gasteiger partial charge in [0.15, 0.2) is 11.5 Å². The van der Waals surface area contributed by atoms with E-state index in [9.17, 15) is 24.0 Å². The maximum absolute atomic E-state index is 13.4. The summed E-state index contributed by atoms with van der Waals surface area (Å²) in [5, 5.41) is 13.8. The van der Waals surface area contributed by atoms with Crippen molar-refractivity contribution in [2.24, 2.45) is 0 Å². The number of benzene rings is 1. The molecule has 0 aliphatic rings. The zero-order valence-electron chi connectivity index (χ0n) is 27.7. The van der Waals surface area contributed by atoms with Gasteiger partial charge in [0, 0.05) is 63.6 Å². The maximum atomic E-state index is 13.4. The zero-order valence-corrected chi connectivity index (χ0v) is 27.7. The first kappa shape index (κ1) is 37.1. The normalized spacial score (nSPS) is 12.6. The number of methoxy groups -OCH3 is 2. The molecule has 0 bridgehead atoms. The Balaban J connectivity index is 1.60. The number of hydrogen-bond acceptors (Lipinski definition) is 9. The summed E-state index contributed by atoms with van der Waals surface area (Å²) in [5.41, 5.74) is 2.25. The topological polar surface area (TPSA) is 221 Å². The van der Waals surface area contributed by atoms with Crippen LogP contribution in [-0.2, 0) is 43.2 Å². The molecule has 16 heteroatoms. The van der Waals surface area contributed by atoms with Gasteiger partial charge in [-0.25, -0.2) is 9.97 Å². The second-order valence-electron chi connectivity index (χ2n) is 11.1. The van der Waals surface area contributed by atoms with Crippen LogP contribution in [0.2, 0.25) is 0 Å². The molecule has 0 aliphatic heterocycles. The fourth-order valence-corrected chi connectivity index (χ4v) is 4.98. The van der Waals surface area contributed by atoms with Crippen molar-refractivity contribution in [1.82, 2.24) is 46.5 Å². The van der Waals surface area contributed by atoms with E-state index in [1.165, 1.54) is 26.5 Å². The minimum absolute atomic E-state index is 0.152. The van der Waals surface area contributed by atoms with Gasteiger partial charge >= 0.3 is 0 Å². The van der Waals surface area contributed by atoms with Crippen LogP contribution in [0.3, 0.4) is 0 Å². The third kappa shape index (κ3) is 12.4. The van der Waals surface area contributed by atoms with Crippen molar-refractivity contribution in [2.45, 2.75) is 70.5 Å². The number of ether oxygens (including phenoxy) is 2. The van der Waals surface area contributed by atoms with Gasteiger partial charge in [-0.2, -0.15) is 0 Å². The summed E-state index contributed by atoms with van der Waals surface area (Å²) < 4.78 is 10.6. The lowest BCUT2D eigenvalue weighted by Crippen LogP contribution is -2.54. The van der Waals surface area contributed by atoms with Crippen molar-refractivity contribution in [2.75, 3.05) is 27.3 Å². The first-order valence-corrected chi connectivity index (χ1v) is 15.6. The number of rotatable bonds is 20. The van der Waals surface area contributed by atoms with Crippen molar-refractivity contribution in [1.29, 1.82) is 0 Å². The molecule has 260 valence electrons. The molecule has 2 aromatic heterocycles. The Morgan fingerprint density at radius 2 is 1.27 bits per heavy atom. The average molecular weight is 668 g/mol. The minimum Gasteiger partial charge on any atom is -0.493 e. The molecule has 0 spiro atoms. The number of nitrogens with one attached hydrogen (secondary N) is 7. The van der Waals surface area contributed by atoms with Crippen LogP contribution in [0.5, 0.6) is 11.5 Å². The van der Waals surface area contributed by atoms with Gasteiger partial charge in [-0.05, 0) is 43.4 Å². The molecule has 2 heterocycles. The van der Waals surface area contributed by atoms with Crippen molar-refractivity contribution in [3.63, 3.8) is 0 Å². The van der Waals surface area contributed by atoms with E-state index >= 15 is 0 Å². The molecule has 0 aliphatic carbocycles. The number of aromatic nitrogens is 4. The molecular formula is C32H45N9O7. The van der Waals surface area contributed by atoms with E-state index in [4.69, 9.17) is 9.47 Å². The summed E-state index contributed by atoms with van der Waals surface area (Å²) >= 11 is 0. The van der Waals surface area contributed by atoms with Crippen LogP contribution in [-0.4, -0.2) is 94.9 Å². The number of carbonyl (C=O) groups excluding carboxylic acids is 5. The Hall–Kier alpha value is -5.41. The number of H-pyrrole nitrogens is 2. The van der Waals surface area contributed by atoms with Crippen LogP contribution in [0, 0.1) is 0 Å². The minimum atomic E-state index is -0.940. The van der Waals surface area contributed by atoms with Crippen molar-refractivity contribution < 1.29 is 33.4 Å². The molecular weight excluding hydrogens is 622 g/mol. The molecule has 7 N–H and O–H groups in total. The molecule has 0 fully saturated rings. The van der Waals surface area contributed by atoms with E-state index in [0.29, 0.717) is 48.7 Å². The molecule has 48 heavy (non-hydrogen) atoms. The first-order chi connectivity index (χ1) is 23.1. The van der Waals surface area contributed by atoms with Gasteiger partial charge in [0.2, 0.25) is 29.5 Å². The first-order valence-electron chi connectivity index (χ1n) is 15.6. The molecule has 3 unspecified atom stereocenters. The largest absolute Gasteiger partial charge is 0.493 e. The molecule has 5 amide bonds. The van der Waals surface area contributed by atoms with E-state index < -0.39 is 29.9 Å². The highest BCUT2D eigenvalue weighted by Crippen LogP contribution is 2.27. The Labute approximate surface area is 278 Å². The van der Waals surface area contributed by atoms with Crippen LogP contribution < -0.4 is 36.1 Å². The van der Waals surface area contributed by atoms with Crippen molar-refractivity contribution in [3.05, 3.63) is 60.2 Å². The zero-order chi connectivity index (χ0) is 34.9. The number of nitrogens with zero attached hydrogens (tertiary/aromatic N) is 2. The third-order valence-corrected chi connectivity index (χ3v) is 7.36. The van der Waals surface area contributed by atoms with Crippen LogP contribution >= 0.6 is 0 Å². The van der Waals surface area contributed by atoms with Gasteiger partial charge < -0.3 is 46.0 Å². The van der Waals surface area contributed by atoms with Gasteiger partial charge in [0.1, 0.15) is 18.1 Å². The van der Waals surface area contributed by atoms with Crippen LogP contribution in [0.4, 0.5) is 0 Å². The summed E-state index contributed by atoms with van der Waals surface area (Å²) in [4.78, 5) is 76.9.